The number of rotatable bonds is 4. The van der Waals surface area contributed by atoms with Crippen molar-refractivity contribution < 1.29 is 8.42 Å². The number of nitrogens with one attached hydrogen (secondary N) is 1. The van der Waals surface area contributed by atoms with Gasteiger partial charge in [0.25, 0.3) is 0 Å². The van der Waals surface area contributed by atoms with E-state index in [1.165, 1.54) is 18.9 Å². The van der Waals surface area contributed by atoms with Gasteiger partial charge in [-0.25, -0.2) is 13.1 Å². The summed E-state index contributed by atoms with van der Waals surface area (Å²) in [6.07, 6.45) is 6.34. The van der Waals surface area contributed by atoms with E-state index in [0.717, 1.165) is 31.2 Å². The van der Waals surface area contributed by atoms with E-state index in [1.807, 2.05) is 0 Å². The SMILES string of the molecule is Cc1c(CN)cc(Cl)cc1S(=O)(=O)NC1CCCCCC1. The van der Waals surface area contributed by atoms with Crippen LogP contribution in [0.15, 0.2) is 17.0 Å². The van der Waals surface area contributed by atoms with Crippen molar-refractivity contribution in [3.63, 3.8) is 0 Å². The monoisotopic (exact) mass is 330 g/mol. The minimum Gasteiger partial charge on any atom is -0.326 e. The molecular weight excluding hydrogens is 308 g/mol. The van der Waals surface area contributed by atoms with Crippen molar-refractivity contribution in [2.24, 2.45) is 5.73 Å². The molecule has 0 heterocycles. The van der Waals surface area contributed by atoms with E-state index < -0.39 is 10.0 Å². The Morgan fingerprint density at radius 1 is 1.24 bits per heavy atom. The molecule has 3 N–H and O–H groups in total. The van der Waals surface area contributed by atoms with Crippen LogP contribution in [0, 0.1) is 6.92 Å². The molecule has 1 saturated carbocycles. The first-order valence-electron chi connectivity index (χ1n) is 7.45. The normalized spacial score (nSPS) is 17.7. The van der Waals surface area contributed by atoms with Crippen LogP contribution in [0.5, 0.6) is 0 Å². The third-order valence-electron chi connectivity index (χ3n) is 4.12. The fraction of sp³-hybridized carbons (Fsp3) is 0.600. The van der Waals surface area contributed by atoms with Crippen LogP contribution in [0.25, 0.3) is 0 Å². The maximum Gasteiger partial charge on any atom is 0.241 e. The topological polar surface area (TPSA) is 72.2 Å². The van der Waals surface area contributed by atoms with Crippen LogP contribution < -0.4 is 10.5 Å². The highest BCUT2D eigenvalue weighted by molar-refractivity contribution is 7.89. The summed E-state index contributed by atoms with van der Waals surface area (Å²) in [5.41, 5.74) is 7.11. The van der Waals surface area contributed by atoms with Crippen LogP contribution in [0.3, 0.4) is 0 Å². The molecular formula is C15H23ClN2O2S. The molecule has 0 saturated heterocycles. The van der Waals surface area contributed by atoms with Crippen LogP contribution in [0.4, 0.5) is 0 Å². The second kappa shape index (κ2) is 7.09. The summed E-state index contributed by atoms with van der Waals surface area (Å²) >= 11 is 6.03. The van der Waals surface area contributed by atoms with Crippen molar-refractivity contribution in [3.05, 3.63) is 28.3 Å². The number of halogens is 1. The summed E-state index contributed by atoms with van der Waals surface area (Å²) in [5, 5.41) is 0.405. The molecule has 118 valence electrons. The van der Waals surface area contributed by atoms with Crippen molar-refractivity contribution in [2.75, 3.05) is 0 Å². The summed E-state index contributed by atoms with van der Waals surface area (Å²) in [7, 11) is -3.55. The third-order valence-corrected chi connectivity index (χ3v) is 5.98. The number of benzene rings is 1. The molecule has 1 fully saturated rings. The first-order valence-corrected chi connectivity index (χ1v) is 9.31. The standard InChI is InChI=1S/C15H23ClN2O2S/c1-11-12(10-17)8-13(16)9-15(11)21(19,20)18-14-6-4-2-3-5-7-14/h8-9,14,18H,2-7,10,17H2,1H3. The average Bonchev–Trinajstić information content (AvgIpc) is 2.68. The van der Waals surface area contributed by atoms with Gasteiger partial charge < -0.3 is 5.73 Å². The minimum absolute atomic E-state index is 0.0252. The first kappa shape index (κ1) is 16.7. The van der Waals surface area contributed by atoms with Gasteiger partial charge in [0.1, 0.15) is 0 Å². The van der Waals surface area contributed by atoms with Crippen LogP contribution in [-0.2, 0) is 16.6 Å². The lowest BCUT2D eigenvalue weighted by Gasteiger charge is -2.18. The molecule has 1 aliphatic rings. The molecule has 0 radical (unpaired) electrons. The Bertz CT molecular complexity index is 594. The molecule has 1 aromatic rings. The highest BCUT2D eigenvalue weighted by Crippen LogP contribution is 2.26. The molecule has 0 aromatic heterocycles. The van der Waals surface area contributed by atoms with Crippen molar-refractivity contribution in [2.45, 2.75) is 62.9 Å². The van der Waals surface area contributed by atoms with Crippen LogP contribution in [0.2, 0.25) is 5.02 Å². The fourth-order valence-corrected chi connectivity index (χ4v) is 4.80. The Morgan fingerprint density at radius 2 is 1.86 bits per heavy atom. The molecule has 1 aromatic carbocycles. The Kier molecular flexibility index (Phi) is 5.66. The minimum atomic E-state index is -3.55. The van der Waals surface area contributed by atoms with Gasteiger partial charge in [-0.15, -0.1) is 0 Å². The predicted octanol–water partition coefficient (Wildman–Crippen LogP) is 3.11. The predicted molar refractivity (Wildman–Crippen MR) is 85.9 cm³/mol. The van der Waals surface area contributed by atoms with E-state index >= 15 is 0 Å². The summed E-state index contributed by atoms with van der Waals surface area (Å²) in [5.74, 6) is 0. The van der Waals surface area contributed by atoms with Crippen LogP contribution >= 0.6 is 11.6 Å². The zero-order valence-corrected chi connectivity index (χ0v) is 13.9. The highest BCUT2D eigenvalue weighted by Gasteiger charge is 2.24. The summed E-state index contributed by atoms with van der Waals surface area (Å²) in [6, 6.07) is 3.26. The van der Waals surface area contributed by atoms with Gasteiger partial charge in [-0.2, -0.15) is 0 Å². The lowest BCUT2D eigenvalue weighted by Crippen LogP contribution is -2.35. The van der Waals surface area contributed by atoms with Gasteiger partial charge in [0.15, 0.2) is 0 Å². The maximum absolute atomic E-state index is 12.6. The number of hydrogen-bond donors (Lipinski definition) is 2. The third kappa shape index (κ3) is 4.19. The summed E-state index contributed by atoms with van der Waals surface area (Å²) in [6.45, 7) is 2.05. The van der Waals surface area contributed by atoms with Crippen molar-refractivity contribution in [1.82, 2.24) is 4.72 Å². The van der Waals surface area contributed by atoms with E-state index in [1.54, 1.807) is 13.0 Å². The quantitative estimate of drug-likeness (QED) is 0.833. The number of hydrogen-bond acceptors (Lipinski definition) is 3. The van der Waals surface area contributed by atoms with Gasteiger partial charge in [0.05, 0.1) is 4.90 Å². The highest BCUT2D eigenvalue weighted by atomic mass is 35.5. The van der Waals surface area contributed by atoms with E-state index in [0.29, 0.717) is 10.6 Å². The van der Waals surface area contributed by atoms with Gasteiger partial charge in [0.2, 0.25) is 10.0 Å². The molecule has 0 amide bonds. The number of nitrogens with two attached hydrogens (primary N) is 1. The Hall–Kier alpha value is -0.620. The van der Waals surface area contributed by atoms with Crippen molar-refractivity contribution in [1.29, 1.82) is 0 Å². The molecule has 6 heteroatoms. The molecule has 0 unspecified atom stereocenters. The Morgan fingerprint density at radius 3 is 2.43 bits per heavy atom. The second-order valence-electron chi connectivity index (χ2n) is 5.70. The smallest absolute Gasteiger partial charge is 0.241 e. The molecule has 0 atom stereocenters. The van der Waals surface area contributed by atoms with E-state index in [4.69, 9.17) is 17.3 Å². The molecule has 2 rings (SSSR count). The molecule has 0 aliphatic heterocycles. The zero-order valence-electron chi connectivity index (χ0n) is 12.4. The van der Waals surface area contributed by atoms with Crippen LogP contribution in [0.1, 0.15) is 49.7 Å². The molecule has 1 aliphatic carbocycles. The molecule has 0 spiro atoms. The van der Waals surface area contributed by atoms with Crippen molar-refractivity contribution >= 4 is 21.6 Å². The van der Waals surface area contributed by atoms with E-state index in [-0.39, 0.29) is 17.5 Å². The lowest BCUT2D eigenvalue weighted by molar-refractivity contribution is 0.509. The molecule has 4 nitrogen and oxygen atoms in total. The molecule has 0 bridgehead atoms. The second-order valence-corrected chi connectivity index (χ2v) is 7.82. The van der Waals surface area contributed by atoms with Gasteiger partial charge in [-0.1, -0.05) is 37.3 Å². The number of sulfonamides is 1. The first-order chi connectivity index (χ1) is 9.94. The largest absolute Gasteiger partial charge is 0.326 e. The Labute approximate surface area is 132 Å². The van der Waals surface area contributed by atoms with E-state index in [2.05, 4.69) is 4.72 Å². The fourth-order valence-electron chi connectivity index (χ4n) is 2.88. The van der Waals surface area contributed by atoms with E-state index in [9.17, 15) is 8.42 Å². The van der Waals surface area contributed by atoms with Crippen LogP contribution in [-0.4, -0.2) is 14.5 Å². The average molecular weight is 331 g/mol. The van der Waals surface area contributed by atoms with Gasteiger partial charge >= 0.3 is 0 Å². The van der Waals surface area contributed by atoms with Crippen molar-refractivity contribution in [3.8, 4) is 0 Å². The van der Waals surface area contributed by atoms with Gasteiger partial charge in [-0.3, -0.25) is 0 Å². The summed E-state index contributed by atoms with van der Waals surface area (Å²) in [4.78, 5) is 0.250. The molecule has 21 heavy (non-hydrogen) atoms. The van der Waals surface area contributed by atoms with Gasteiger partial charge in [-0.05, 0) is 43.0 Å². The Balaban J connectivity index is 2.28. The van der Waals surface area contributed by atoms with Gasteiger partial charge in [0, 0.05) is 17.6 Å². The lowest BCUT2D eigenvalue weighted by atomic mass is 10.1. The zero-order chi connectivity index (χ0) is 15.5. The summed E-state index contributed by atoms with van der Waals surface area (Å²) < 4.78 is 28.1. The maximum atomic E-state index is 12.6.